The Morgan fingerprint density at radius 2 is 1.93 bits per heavy atom. The molecule has 9 heteroatoms. The van der Waals surface area contributed by atoms with Gasteiger partial charge in [0.2, 0.25) is 5.88 Å². The number of ether oxygens (including phenoxy) is 3. The summed E-state index contributed by atoms with van der Waals surface area (Å²) in [4.78, 5) is 13.2. The van der Waals surface area contributed by atoms with Crippen molar-refractivity contribution in [2.45, 2.75) is 13.5 Å². The largest absolute Gasteiger partial charge is 0.491 e. The first-order valence-electron chi connectivity index (χ1n) is 8.78. The number of halogens is 2. The maximum Gasteiger partial charge on any atom is 0.388 e. The molecule has 0 atom stereocenters. The fourth-order valence-electron chi connectivity index (χ4n) is 2.91. The van der Waals surface area contributed by atoms with Crippen LogP contribution >= 0.6 is 11.3 Å². The maximum absolute atomic E-state index is 12.5. The summed E-state index contributed by atoms with van der Waals surface area (Å²) in [6.45, 7) is -0.0673. The lowest BCUT2D eigenvalue weighted by atomic mass is 10.1. The van der Waals surface area contributed by atoms with Gasteiger partial charge in [-0.2, -0.15) is 8.78 Å². The van der Waals surface area contributed by atoms with Crippen molar-refractivity contribution >= 4 is 32.6 Å². The lowest BCUT2D eigenvalue weighted by Crippen LogP contribution is -2.04. The van der Waals surface area contributed by atoms with Crippen molar-refractivity contribution in [1.29, 1.82) is 0 Å². The number of methoxy groups -OCH3 is 1. The molecular formula is C20H17F2N3O3S. The van der Waals surface area contributed by atoms with E-state index in [4.69, 9.17) is 14.5 Å². The molecule has 0 saturated carbocycles. The number of thiazole rings is 1. The standard InChI is InChI=1S/C20H17F2N3O3S/c1-11-7-13(18-15(8-11)24-17(10-23-18)28-20(21)22)19-25-14-4-3-12(9-16(14)29-19)27-6-5-26-2/h3-4,7-10,20H,5-6H2,1-2H3. The van der Waals surface area contributed by atoms with Gasteiger partial charge in [0.15, 0.2) is 0 Å². The van der Waals surface area contributed by atoms with E-state index in [1.807, 2.05) is 31.2 Å². The van der Waals surface area contributed by atoms with E-state index in [1.165, 1.54) is 17.5 Å². The predicted molar refractivity (Wildman–Crippen MR) is 107 cm³/mol. The normalized spacial score (nSPS) is 11.5. The average Bonchev–Trinajstić information content (AvgIpc) is 3.10. The zero-order chi connectivity index (χ0) is 20.4. The maximum atomic E-state index is 12.5. The molecule has 2 aromatic heterocycles. The molecule has 0 bridgehead atoms. The van der Waals surface area contributed by atoms with Crippen LogP contribution in [0.1, 0.15) is 5.56 Å². The minimum Gasteiger partial charge on any atom is -0.491 e. The number of hydrogen-bond donors (Lipinski definition) is 0. The van der Waals surface area contributed by atoms with Crippen molar-refractivity contribution < 1.29 is 23.0 Å². The molecule has 0 saturated heterocycles. The molecule has 0 spiro atoms. The smallest absolute Gasteiger partial charge is 0.388 e. The molecule has 0 amide bonds. The van der Waals surface area contributed by atoms with E-state index in [0.29, 0.717) is 24.2 Å². The highest BCUT2D eigenvalue weighted by atomic mass is 32.1. The highest BCUT2D eigenvalue weighted by Crippen LogP contribution is 2.36. The quantitative estimate of drug-likeness (QED) is 0.401. The Balaban J connectivity index is 1.74. The van der Waals surface area contributed by atoms with Crippen molar-refractivity contribution in [3.05, 3.63) is 42.1 Å². The fourth-order valence-corrected chi connectivity index (χ4v) is 3.92. The van der Waals surface area contributed by atoms with Crippen LogP contribution in [-0.2, 0) is 4.74 Å². The van der Waals surface area contributed by atoms with Crippen LogP contribution in [-0.4, -0.2) is 41.9 Å². The van der Waals surface area contributed by atoms with E-state index in [0.717, 1.165) is 32.1 Å². The first-order valence-corrected chi connectivity index (χ1v) is 9.60. The second-order valence-corrected chi connectivity index (χ2v) is 7.29. The van der Waals surface area contributed by atoms with Gasteiger partial charge in [0.1, 0.15) is 17.4 Å². The van der Waals surface area contributed by atoms with Crippen LogP contribution < -0.4 is 9.47 Å². The molecule has 6 nitrogen and oxygen atoms in total. The van der Waals surface area contributed by atoms with Crippen LogP contribution in [0.3, 0.4) is 0 Å². The third-order valence-electron chi connectivity index (χ3n) is 4.13. The molecule has 0 N–H and O–H groups in total. The van der Waals surface area contributed by atoms with Gasteiger partial charge in [0.25, 0.3) is 0 Å². The molecule has 0 aliphatic carbocycles. The van der Waals surface area contributed by atoms with Crippen LogP contribution in [0.5, 0.6) is 11.6 Å². The minimum atomic E-state index is -2.95. The van der Waals surface area contributed by atoms with Crippen LogP contribution in [0.2, 0.25) is 0 Å². The van der Waals surface area contributed by atoms with Crippen LogP contribution in [0.15, 0.2) is 36.5 Å². The lowest BCUT2D eigenvalue weighted by molar-refractivity contribution is -0.0528. The second-order valence-electron chi connectivity index (χ2n) is 6.26. The number of nitrogens with zero attached hydrogens (tertiary/aromatic N) is 3. The summed E-state index contributed by atoms with van der Waals surface area (Å²) < 4.78 is 40.9. The monoisotopic (exact) mass is 417 g/mol. The summed E-state index contributed by atoms with van der Waals surface area (Å²) in [7, 11) is 1.62. The molecule has 0 radical (unpaired) electrons. The Labute approximate surface area is 169 Å². The zero-order valence-electron chi connectivity index (χ0n) is 15.7. The van der Waals surface area contributed by atoms with Crippen LogP contribution in [0.25, 0.3) is 31.8 Å². The van der Waals surface area contributed by atoms with Crippen LogP contribution in [0.4, 0.5) is 8.78 Å². The Morgan fingerprint density at radius 1 is 1.07 bits per heavy atom. The first kappa shape index (κ1) is 19.4. The Kier molecular flexibility index (Phi) is 5.50. The third kappa shape index (κ3) is 4.25. The molecule has 0 fully saturated rings. The van der Waals surface area contributed by atoms with E-state index < -0.39 is 6.61 Å². The number of benzene rings is 2. The van der Waals surface area contributed by atoms with Gasteiger partial charge >= 0.3 is 6.61 Å². The Bertz CT molecular complexity index is 1170. The van der Waals surface area contributed by atoms with Gasteiger partial charge in [-0.25, -0.2) is 15.0 Å². The van der Waals surface area contributed by atoms with Gasteiger partial charge in [-0.1, -0.05) is 0 Å². The third-order valence-corrected chi connectivity index (χ3v) is 5.18. The summed E-state index contributed by atoms with van der Waals surface area (Å²) in [5.41, 5.74) is 3.59. The molecular weight excluding hydrogens is 400 g/mol. The highest BCUT2D eigenvalue weighted by molar-refractivity contribution is 7.21. The number of fused-ring (bicyclic) bond motifs is 2. The van der Waals surface area contributed by atoms with E-state index in [-0.39, 0.29) is 5.88 Å². The van der Waals surface area contributed by atoms with Crippen molar-refractivity contribution in [3.63, 3.8) is 0 Å². The molecule has 4 rings (SSSR count). The molecule has 150 valence electrons. The second kappa shape index (κ2) is 8.22. The van der Waals surface area contributed by atoms with E-state index in [2.05, 4.69) is 14.7 Å². The van der Waals surface area contributed by atoms with Gasteiger partial charge in [0, 0.05) is 12.7 Å². The summed E-state index contributed by atoms with van der Waals surface area (Å²) in [6, 6.07) is 9.43. The van der Waals surface area contributed by atoms with E-state index >= 15 is 0 Å². The minimum absolute atomic E-state index is 0.216. The number of aryl methyl sites for hydroxylation is 1. The van der Waals surface area contributed by atoms with Gasteiger partial charge in [0.05, 0.1) is 34.1 Å². The number of alkyl halides is 2. The molecule has 0 aliphatic heterocycles. The van der Waals surface area contributed by atoms with Gasteiger partial charge in [-0.15, -0.1) is 11.3 Å². The summed E-state index contributed by atoms with van der Waals surface area (Å²) in [6.07, 6.45) is 1.20. The van der Waals surface area contributed by atoms with E-state index in [1.54, 1.807) is 13.2 Å². The van der Waals surface area contributed by atoms with E-state index in [9.17, 15) is 8.78 Å². The lowest BCUT2D eigenvalue weighted by Gasteiger charge is -2.07. The summed E-state index contributed by atoms with van der Waals surface area (Å²) in [5.74, 6) is 0.527. The Hall–Kier alpha value is -2.91. The number of hydrogen-bond acceptors (Lipinski definition) is 7. The van der Waals surface area contributed by atoms with Crippen molar-refractivity contribution in [1.82, 2.24) is 15.0 Å². The Morgan fingerprint density at radius 3 is 2.72 bits per heavy atom. The zero-order valence-corrected chi connectivity index (χ0v) is 16.5. The summed E-state index contributed by atoms with van der Waals surface area (Å²) in [5, 5.41) is 0.763. The SMILES string of the molecule is COCCOc1ccc2nc(-c3cc(C)cc4nc(OC(F)F)cnc34)sc2c1. The fraction of sp³-hybridized carbons (Fsp3) is 0.250. The van der Waals surface area contributed by atoms with Gasteiger partial charge in [-0.3, -0.25) is 0 Å². The first-order chi connectivity index (χ1) is 14.0. The molecule has 0 unspecified atom stereocenters. The molecule has 29 heavy (non-hydrogen) atoms. The number of rotatable bonds is 7. The van der Waals surface area contributed by atoms with Crippen molar-refractivity contribution in [2.75, 3.05) is 20.3 Å². The molecule has 4 aromatic rings. The molecule has 2 heterocycles. The molecule has 0 aliphatic rings. The topological polar surface area (TPSA) is 66.4 Å². The highest BCUT2D eigenvalue weighted by Gasteiger charge is 2.15. The summed E-state index contributed by atoms with van der Waals surface area (Å²) >= 11 is 1.50. The average molecular weight is 417 g/mol. The molecule has 2 aromatic carbocycles. The van der Waals surface area contributed by atoms with Crippen molar-refractivity contribution in [3.8, 4) is 22.2 Å². The number of aromatic nitrogens is 3. The van der Waals surface area contributed by atoms with Gasteiger partial charge < -0.3 is 14.2 Å². The van der Waals surface area contributed by atoms with Crippen LogP contribution in [0, 0.1) is 6.92 Å². The van der Waals surface area contributed by atoms with Crippen molar-refractivity contribution in [2.24, 2.45) is 0 Å². The van der Waals surface area contributed by atoms with Gasteiger partial charge in [-0.05, 0) is 42.8 Å². The predicted octanol–water partition coefficient (Wildman–Crippen LogP) is 4.84.